The molecule has 1 aromatic carbocycles. The SMILES string of the molecule is CC(C)(C)c1ccc(CN2CCN(C(=O)CCO)CC2=O)cc1. The number of nitrogens with zero attached hydrogens (tertiary/aromatic N) is 2. The Balaban J connectivity index is 1.94. The summed E-state index contributed by atoms with van der Waals surface area (Å²) in [5.74, 6) is -0.197. The monoisotopic (exact) mass is 318 g/mol. The van der Waals surface area contributed by atoms with Crippen LogP contribution in [-0.2, 0) is 21.5 Å². The minimum atomic E-state index is -0.173. The molecule has 0 spiro atoms. The second-order valence-electron chi connectivity index (χ2n) is 7.05. The summed E-state index contributed by atoms with van der Waals surface area (Å²) in [4.78, 5) is 27.3. The summed E-state index contributed by atoms with van der Waals surface area (Å²) < 4.78 is 0. The lowest BCUT2D eigenvalue weighted by atomic mass is 9.87. The van der Waals surface area contributed by atoms with E-state index >= 15 is 0 Å². The fourth-order valence-corrected chi connectivity index (χ4v) is 2.67. The molecule has 5 heteroatoms. The number of hydrogen-bond acceptors (Lipinski definition) is 3. The second-order valence-corrected chi connectivity index (χ2v) is 7.05. The van der Waals surface area contributed by atoms with Crippen LogP contribution in [0.1, 0.15) is 38.3 Å². The molecule has 2 rings (SSSR count). The van der Waals surface area contributed by atoms with Gasteiger partial charge in [-0.2, -0.15) is 0 Å². The third kappa shape index (κ3) is 4.55. The topological polar surface area (TPSA) is 60.9 Å². The number of carbonyl (C=O) groups is 2. The summed E-state index contributed by atoms with van der Waals surface area (Å²) in [6, 6.07) is 8.36. The van der Waals surface area contributed by atoms with Gasteiger partial charge in [0.15, 0.2) is 0 Å². The summed E-state index contributed by atoms with van der Waals surface area (Å²) in [5.41, 5.74) is 2.49. The second kappa shape index (κ2) is 7.13. The maximum absolute atomic E-state index is 12.2. The summed E-state index contributed by atoms with van der Waals surface area (Å²) >= 11 is 0. The van der Waals surface area contributed by atoms with Crippen LogP contribution in [0.5, 0.6) is 0 Å². The number of carbonyl (C=O) groups excluding carboxylic acids is 2. The molecule has 1 aromatic rings. The van der Waals surface area contributed by atoms with Crippen LogP contribution in [0.3, 0.4) is 0 Å². The molecule has 0 radical (unpaired) electrons. The largest absolute Gasteiger partial charge is 0.396 e. The summed E-state index contributed by atoms with van der Waals surface area (Å²) in [7, 11) is 0. The van der Waals surface area contributed by atoms with Gasteiger partial charge in [0, 0.05) is 26.1 Å². The Morgan fingerprint density at radius 3 is 2.35 bits per heavy atom. The van der Waals surface area contributed by atoms with E-state index in [-0.39, 0.29) is 36.8 Å². The Kier molecular flexibility index (Phi) is 5.42. The molecule has 0 unspecified atom stereocenters. The van der Waals surface area contributed by atoms with Crippen molar-refractivity contribution in [1.29, 1.82) is 0 Å². The van der Waals surface area contributed by atoms with Gasteiger partial charge in [0.1, 0.15) is 0 Å². The molecule has 2 amide bonds. The van der Waals surface area contributed by atoms with Crippen LogP contribution in [0.4, 0.5) is 0 Å². The van der Waals surface area contributed by atoms with E-state index in [0.717, 1.165) is 5.56 Å². The van der Waals surface area contributed by atoms with Crippen LogP contribution in [0.15, 0.2) is 24.3 Å². The van der Waals surface area contributed by atoms with E-state index in [1.807, 2.05) is 0 Å². The van der Waals surface area contributed by atoms with Gasteiger partial charge in [-0.1, -0.05) is 45.0 Å². The summed E-state index contributed by atoms with van der Waals surface area (Å²) in [6.45, 7) is 8.11. The Hall–Kier alpha value is -1.88. The number of hydrogen-bond donors (Lipinski definition) is 1. The Morgan fingerprint density at radius 1 is 1.17 bits per heavy atom. The van der Waals surface area contributed by atoms with Crippen molar-refractivity contribution < 1.29 is 14.7 Å². The quantitative estimate of drug-likeness (QED) is 0.916. The average Bonchev–Trinajstić information content (AvgIpc) is 2.49. The maximum Gasteiger partial charge on any atom is 0.242 e. The zero-order valence-corrected chi connectivity index (χ0v) is 14.2. The highest BCUT2D eigenvalue weighted by atomic mass is 16.3. The molecule has 1 aliphatic heterocycles. The lowest BCUT2D eigenvalue weighted by Gasteiger charge is -2.34. The van der Waals surface area contributed by atoms with Crippen molar-refractivity contribution in [3.05, 3.63) is 35.4 Å². The normalized spacial score (nSPS) is 15.9. The lowest BCUT2D eigenvalue weighted by molar-refractivity contribution is -0.146. The van der Waals surface area contributed by atoms with Gasteiger partial charge < -0.3 is 14.9 Å². The molecule has 0 saturated carbocycles. The zero-order chi connectivity index (χ0) is 17.0. The predicted octanol–water partition coefficient (Wildman–Crippen LogP) is 1.54. The van der Waals surface area contributed by atoms with Crippen LogP contribution >= 0.6 is 0 Å². The zero-order valence-electron chi connectivity index (χ0n) is 14.2. The van der Waals surface area contributed by atoms with Crippen molar-refractivity contribution >= 4 is 11.8 Å². The molecule has 1 heterocycles. The first kappa shape index (κ1) is 17.5. The number of amides is 2. The lowest BCUT2D eigenvalue weighted by Crippen LogP contribution is -2.51. The Labute approximate surface area is 137 Å². The number of benzene rings is 1. The first-order chi connectivity index (χ1) is 10.8. The van der Waals surface area contributed by atoms with Crippen molar-refractivity contribution in [2.45, 2.75) is 39.2 Å². The van der Waals surface area contributed by atoms with Gasteiger partial charge in [0.2, 0.25) is 11.8 Å². The summed E-state index contributed by atoms with van der Waals surface area (Å²) in [5, 5.41) is 8.82. The highest BCUT2D eigenvalue weighted by molar-refractivity contribution is 5.86. The standard InChI is InChI=1S/C18H26N2O3/c1-18(2,3)15-6-4-14(5-7-15)12-19-9-10-20(13-17(19)23)16(22)8-11-21/h4-7,21H,8-13H2,1-3H3. The van der Waals surface area contributed by atoms with Gasteiger partial charge in [-0.25, -0.2) is 0 Å². The number of piperazine rings is 1. The minimum absolute atomic E-state index is 0.0394. The Bertz CT molecular complexity index is 561. The minimum Gasteiger partial charge on any atom is -0.396 e. The molecule has 1 saturated heterocycles. The fourth-order valence-electron chi connectivity index (χ4n) is 2.67. The molecule has 0 atom stereocenters. The van der Waals surface area contributed by atoms with Crippen LogP contribution < -0.4 is 0 Å². The van der Waals surface area contributed by atoms with Crippen LogP contribution in [-0.4, -0.2) is 53.0 Å². The van der Waals surface area contributed by atoms with E-state index in [1.165, 1.54) is 10.5 Å². The predicted molar refractivity (Wildman–Crippen MR) is 88.8 cm³/mol. The molecule has 126 valence electrons. The molecule has 5 nitrogen and oxygen atoms in total. The number of aliphatic hydroxyl groups is 1. The van der Waals surface area contributed by atoms with Gasteiger partial charge in [0.25, 0.3) is 0 Å². The number of aliphatic hydroxyl groups excluding tert-OH is 1. The molecule has 0 aromatic heterocycles. The van der Waals surface area contributed by atoms with Crippen molar-refractivity contribution in [3.63, 3.8) is 0 Å². The smallest absolute Gasteiger partial charge is 0.242 e. The van der Waals surface area contributed by atoms with E-state index in [0.29, 0.717) is 19.6 Å². The van der Waals surface area contributed by atoms with E-state index in [1.54, 1.807) is 4.90 Å². The third-order valence-electron chi connectivity index (χ3n) is 4.19. The molecule has 0 bridgehead atoms. The number of rotatable bonds is 4. The molecule has 0 aliphatic carbocycles. The highest BCUT2D eigenvalue weighted by Gasteiger charge is 2.26. The third-order valence-corrected chi connectivity index (χ3v) is 4.19. The molecule has 1 aliphatic rings. The van der Waals surface area contributed by atoms with Gasteiger partial charge in [-0.05, 0) is 16.5 Å². The molecule has 1 fully saturated rings. The summed E-state index contributed by atoms with van der Waals surface area (Å²) in [6.07, 6.45) is 0.0849. The molecular formula is C18H26N2O3. The highest BCUT2D eigenvalue weighted by Crippen LogP contribution is 2.22. The molecule has 23 heavy (non-hydrogen) atoms. The van der Waals surface area contributed by atoms with Crippen LogP contribution in [0, 0.1) is 0 Å². The van der Waals surface area contributed by atoms with Crippen LogP contribution in [0.25, 0.3) is 0 Å². The van der Waals surface area contributed by atoms with Crippen molar-refractivity contribution in [3.8, 4) is 0 Å². The van der Waals surface area contributed by atoms with Gasteiger partial charge in [0.05, 0.1) is 13.2 Å². The van der Waals surface area contributed by atoms with Gasteiger partial charge >= 0.3 is 0 Å². The average molecular weight is 318 g/mol. The fraction of sp³-hybridized carbons (Fsp3) is 0.556. The maximum atomic E-state index is 12.2. The van der Waals surface area contributed by atoms with E-state index in [2.05, 4.69) is 45.0 Å². The van der Waals surface area contributed by atoms with E-state index in [4.69, 9.17) is 5.11 Å². The van der Waals surface area contributed by atoms with Crippen molar-refractivity contribution in [2.75, 3.05) is 26.2 Å². The van der Waals surface area contributed by atoms with Crippen molar-refractivity contribution in [2.24, 2.45) is 0 Å². The van der Waals surface area contributed by atoms with Crippen molar-refractivity contribution in [1.82, 2.24) is 9.80 Å². The van der Waals surface area contributed by atoms with Gasteiger partial charge in [-0.3, -0.25) is 9.59 Å². The van der Waals surface area contributed by atoms with Crippen LogP contribution in [0.2, 0.25) is 0 Å². The van der Waals surface area contributed by atoms with E-state index in [9.17, 15) is 9.59 Å². The molecule has 1 N–H and O–H groups in total. The first-order valence-corrected chi connectivity index (χ1v) is 8.07. The van der Waals surface area contributed by atoms with Gasteiger partial charge in [-0.15, -0.1) is 0 Å². The first-order valence-electron chi connectivity index (χ1n) is 8.07. The molecular weight excluding hydrogens is 292 g/mol. The Morgan fingerprint density at radius 2 is 1.83 bits per heavy atom. The van der Waals surface area contributed by atoms with E-state index < -0.39 is 0 Å².